The first-order valence-electron chi connectivity index (χ1n) is 10.1. The van der Waals surface area contributed by atoms with Crippen molar-refractivity contribution >= 4 is 17.2 Å². The highest BCUT2D eigenvalue weighted by Crippen LogP contribution is 2.28. The standard InChI is InChI=1S/C24H27FN2O3S/c1-4-27(15-17-7-12-20(29-2)21(14-17)30-3)16-23(28)26-24(22-6-5-13-31-22)18-8-10-19(25)11-9-18/h5-14,24H,4,15-16H2,1-3H3,(H,26,28). The van der Waals surface area contributed by atoms with Gasteiger partial charge in [0.05, 0.1) is 26.8 Å². The lowest BCUT2D eigenvalue weighted by Crippen LogP contribution is -2.38. The van der Waals surface area contributed by atoms with Crippen molar-refractivity contribution in [1.82, 2.24) is 10.2 Å². The Bertz CT molecular complexity index is 977. The van der Waals surface area contributed by atoms with Gasteiger partial charge in [0.15, 0.2) is 11.5 Å². The van der Waals surface area contributed by atoms with Gasteiger partial charge in [-0.15, -0.1) is 11.3 Å². The van der Waals surface area contributed by atoms with Crippen molar-refractivity contribution in [3.05, 3.63) is 81.8 Å². The zero-order valence-corrected chi connectivity index (χ0v) is 18.7. The van der Waals surface area contributed by atoms with Crippen molar-refractivity contribution in [2.75, 3.05) is 27.3 Å². The minimum atomic E-state index is -0.312. The molecule has 0 fully saturated rings. The smallest absolute Gasteiger partial charge is 0.234 e. The number of ether oxygens (including phenoxy) is 2. The van der Waals surface area contributed by atoms with Crippen LogP contribution in [0.1, 0.15) is 29.0 Å². The molecular formula is C24H27FN2O3S. The topological polar surface area (TPSA) is 50.8 Å². The Labute approximate surface area is 186 Å². The molecule has 1 aromatic heterocycles. The van der Waals surface area contributed by atoms with E-state index in [1.165, 1.54) is 12.1 Å². The third-order valence-electron chi connectivity index (χ3n) is 5.00. The molecule has 164 valence electrons. The number of methoxy groups -OCH3 is 2. The molecule has 0 aliphatic rings. The van der Waals surface area contributed by atoms with E-state index in [2.05, 4.69) is 5.32 Å². The average molecular weight is 443 g/mol. The van der Waals surface area contributed by atoms with E-state index in [1.807, 2.05) is 47.5 Å². The van der Waals surface area contributed by atoms with Crippen LogP contribution in [-0.2, 0) is 11.3 Å². The summed E-state index contributed by atoms with van der Waals surface area (Å²) in [5.41, 5.74) is 1.88. The van der Waals surface area contributed by atoms with E-state index in [-0.39, 0.29) is 24.3 Å². The second-order valence-electron chi connectivity index (χ2n) is 7.06. The normalized spacial score (nSPS) is 11.9. The van der Waals surface area contributed by atoms with Crippen LogP contribution in [0.25, 0.3) is 0 Å². The Morgan fingerprint density at radius 3 is 2.45 bits per heavy atom. The second-order valence-corrected chi connectivity index (χ2v) is 8.04. The number of carbonyl (C=O) groups excluding carboxylic acids is 1. The van der Waals surface area contributed by atoms with E-state index in [0.717, 1.165) is 16.0 Å². The minimum Gasteiger partial charge on any atom is -0.493 e. The molecule has 1 heterocycles. The molecule has 3 aromatic rings. The quantitative estimate of drug-likeness (QED) is 0.497. The first-order valence-corrected chi connectivity index (χ1v) is 10.9. The molecule has 0 radical (unpaired) electrons. The lowest BCUT2D eigenvalue weighted by Gasteiger charge is -2.23. The number of likely N-dealkylation sites (N-methyl/N-ethyl adjacent to an activating group) is 1. The van der Waals surface area contributed by atoms with Crippen LogP contribution < -0.4 is 14.8 Å². The van der Waals surface area contributed by atoms with Crippen LogP contribution in [-0.4, -0.2) is 38.1 Å². The molecule has 31 heavy (non-hydrogen) atoms. The highest BCUT2D eigenvalue weighted by Gasteiger charge is 2.20. The maximum atomic E-state index is 13.4. The van der Waals surface area contributed by atoms with E-state index in [4.69, 9.17) is 9.47 Å². The van der Waals surface area contributed by atoms with Gasteiger partial charge in [0.1, 0.15) is 5.82 Å². The van der Waals surface area contributed by atoms with E-state index in [9.17, 15) is 9.18 Å². The number of rotatable bonds is 10. The van der Waals surface area contributed by atoms with Crippen molar-refractivity contribution < 1.29 is 18.7 Å². The van der Waals surface area contributed by atoms with Gasteiger partial charge in [-0.3, -0.25) is 9.69 Å². The van der Waals surface area contributed by atoms with E-state index in [1.54, 1.807) is 37.7 Å². The number of amides is 1. The SMILES string of the molecule is CCN(CC(=O)NC(c1ccc(F)cc1)c1cccs1)Cc1ccc(OC)c(OC)c1. The molecule has 1 amide bonds. The van der Waals surface area contributed by atoms with Gasteiger partial charge in [-0.2, -0.15) is 0 Å². The maximum absolute atomic E-state index is 13.4. The Balaban J connectivity index is 1.70. The van der Waals surface area contributed by atoms with Crippen molar-refractivity contribution in [3.8, 4) is 11.5 Å². The lowest BCUT2D eigenvalue weighted by molar-refractivity contribution is -0.122. The number of thiophene rings is 1. The predicted molar refractivity (Wildman–Crippen MR) is 121 cm³/mol. The molecule has 5 nitrogen and oxygen atoms in total. The fourth-order valence-corrected chi connectivity index (χ4v) is 4.16. The van der Waals surface area contributed by atoms with E-state index >= 15 is 0 Å². The number of nitrogens with zero attached hydrogens (tertiary/aromatic N) is 1. The van der Waals surface area contributed by atoms with Crippen molar-refractivity contribution in [2.24, 2.45) is 0 Å². The number of nitrogens with one attached hydrogen (secondary N) is 1. The Morgan fingerprint density at radius 1 is 1.10 bits per heavy atom. The molecule has 1 N–H and O–H groups in total. The van der Waals surface area contributed by atoms with Gasteiger partial charge >= 0.3 is 0 Å². The van der Waals surface area contributed by atoms with E-state index < -0.39 is 0 Å². The highest BCUT2D eigenvalue weighted by molar-refractivity contribution is 7.10. The molecule has 0 spiro atoms. The van der Waals surface area contributed by atoms with E-state index in [0.29, 0.717) is 24.6 Å². The number of hydrogen-bond acceptors (Lipinski definition) is 5. The molecular weight excluding hydrogens is 415 g/mol. The molecule has 0 saturated carbocycles. The molecule has 2 aromatic carbocycles. The van der Waals surface area contributed by atoms with Crippen molar-refractivity contribution in [3.63, 3.8) is 0 Å². The third-order valence-corrected chi connectivity index (χ3v) is 5.94. The molecule has 3 rings (SSSR count). The van der Waals surface area contributed by atoms with Gasteiger partial charge < -0.3 is 14.8 Å². The van der Waals surface area contributed by atoms with Crippen molar-refractivity contribution in [1.29, 1.82) is 0 Å². The van der Waals surface area contributed by atoms with Gasteiger partial charge in [-0.05, 0) is 53.4 Å². The Hall–Kier alpha value is -2.90. The summed E-state index contributed by atoms with van der Waals surface area (Å²) in [4.78, 5) is 16.0. The summed E-state index contributed by atoms with van der Waals surface area (Å²) < 4.78 is 24.0. The third kappa shape index (κ3) is 6.06. The van der Waals surface area contributed by atoms with Gasteiger partial charge in [0.25, 0.3) is 0 Å². The molecule has 0 aliphatic carbocycles. The Morgan fingerprint density at radius 2 is 1.84 bits per heavy atom. The molecule has 0 saturated heterocycles. The zero-order valence-electron chi connectivity index (χ0n) is 17.9. The lowest BCUT2D eigenvalue weighted by atomic mass is 10.1. The van der Waals surface area contributed by atoms with Gasteiger partial charge in [-0.25, -0.2) is 4.39 Å². The zero-order chi connectivity index (χ0) is 22.2. The van der Waals surface area contributed by atoms with Gasteiger partial charge in [-0.1, -0.05) is 31.2 Å². The van der Waals surface area contributed by atoms with Crippen LogP contribution in [0.3, 0.4) is 0 Å². The highest BCUT2D eigenvalue weighted by atomic mass is 32.1. The molecule has 0 aliphatic heterocycles. The molecule has 0 bridgehead atoms. The van der Waals surface area contributed by atoms with Crippen LogP contribution in [0.5, 0.6) is 11.5 Å². The fraction of sp³-hybridized carbons (Fsp3) is 0.292. The van der Waals surface area contributed by atoms with Gasteiger partial charge in [0.2, 0.25) is 5.91 Å². The minimum absolute atomic E-state index is 0.0925. The summed E-state index contributed by atoms with van der Waals surface area (Å²) in [6, 6.07) is 15.6. The monoisotopic (exact) mass is 442 g/mol. The van der Waals surface area contributed by atoms with Crippen LogP contribution in [0.2, 0.25) is 0 Å². The average Bonchev–Trinajstić information content (AvgIpc) is 3.32. The summed E-state index contributed by atoms with van der Waals surface area (Å²) in [5, 5.41) is 5.07. The fourth-order valence-electron chi connectivity index (χ4n) is 3.36. The first kappa shape index (κ1) is 22.8. The van der Waals surface area contributed by atoms with Crippen LogP contribution in [0.4, 0.5) is 4.39 Å². The Kier molecular flexibility index (Phi) is 8.03. The summed E-state index contributed by atoms with van der Waals surface area (Å²) in [7, 11) is 3.21. The molecule has 1 atom stereocenters. The van der Waals surface area contributed by atoms with Gasteiger partial charge in [0, 0.05) is 11.4 Å². The van der Waals surface area contributed by atoms with Crippen LogP contribution >= 0.6 is 11.3 Å². The van der Waals surface area contributed by atoms with Crippen LogP contribution in [0, 0.1) is 5.82 Å². The van der Waals surface area contributed by atoms with Crippen LogP contribution in [0.15, 0.2) is 60.0 Å². The molecule has 1 unspecified atom stereocenters. The first-order chi connectivity index (χ1) is 15.0. The largest absolute Gasteiger partial charge is 0.493 e. The number of benzene rings is 2. The second kappa shape index (κ2) is 10.9. The number of halogens is 1. The summed E-state index contributed by atoms with van der Waals surface area (Å²) in [5.74, 6) is 0.942. The summed E-state index contributed by atoms with van der Waals surface area (Å²) in [6.07, 6.45) is 0. The van der Waals surface area contributed by atoms with Crippen molar-refractivity contribution in [2.45, 2.75) is 19.5 Å². The summed E-state index contributed by atoms with van der Waals surface area (Å²) >= 11 is 1.56. The number of hydrogen-bond donors (Lipinski definition) is 1. The number of carbonyl (C=O) groups is 1. The summed E-state index contributed by atoms with van der Waals surface area (Å²) in [6.45, 7) is 3.57. The predicted octanol–water partition coefficient (Wildman–Crippen LogP) is 4.63. The molecule has 7 heteroatoms. The maximum Gasteiger partial charge on any atom is 0.234 e.